The highest BCUT2D eigenvalue weighted by Gasteiger charge is 2.18. The monoisotopic (exact) mass is 367 g/mol. The molecule has 1 fully saturated rings. The van der Waals surface area contributed by atoms with Crippen LogP contribution >= 0.6 is 0 Å². The van der Waals surface area contributed by atoms with E-state index in [9.17, 15) is 9.59 Å². The maximum absolute atomic E-state index is 12.6. The molecule has 2 aromatic rings. The first-order valence-corrected chi connectivity index (χ1v) is 9.18. The molecule has 1 N–H and O–H groups in total. The van der Waals surface area contributed by atoms with Gasteiger partial charge in [0.1, 0.15) is 0 Å². The van der Waals surface area contributed by atoms with Crippen molar-refractivity contribution in [2.75, 3.05) is 36.4 Å². The van der Waals surface area contributed by atoms with Gasteiger partial charge in [-0.1, -0.05) is 32.0 Å². The summed E-state index contributed by atoms with van der Waals surface area (Å²) < 4.78 is 0. The molecule has 27 heavy (non-hydrogen) atoms. The van der Waals surface area contributed by atoms with E-state index >= 15 is 0 Å². The largest absolute Gasteiger partial charge is 0.352 e. The van der Waals surface area contributed by atoms with Gasteiger partial charge in [-0.05, 0) is 36.1 Å². The Morgan fingerprint density at radius 3 is 2.44 bits per heavy atom. The van der Waals surface area contributed by atoms with Crippen molar-refractivity contribution >= 4 is 23.8 Å². The topological polar surface area (TPSA) is 78.4 Å². The number of piperazine rings is 1. The normalized spacial score (nSPS) is 14.4. The van der Waals surface area contributed by atoms with E-state index in [1.165, 1.54) is 0 Å². The lowest BCUT2D eigenvalue weighted by Gasteiger charge is -2.32. The van der Waals surface area contributed by atoms with Crippen LogP contribution < -0.4 is 10.2 Å². The van der Waals surface area contributed by atoms with Gasteiger partial charge in [0, 0.05) is 31.9 Å². The number of benzene rings is 1. The van der Waals surface area contributed by atoms with Gasteiger partial charge in [-0.15, -0.1) is 10.2 Å². The van der Waals surface area contributed by atoms with Gasteiger partial charge < -0.3 is 15.1 Å². The summed E-state index contributed by atoms with van der Waals surface area (Å²) in [5.41, 5.74) is 3.24. The first-order valence-electron chi connectivity index (χ1n) is 9.18. The quantitative estimate of drug-likeness (QED) is 0.821. The molecule has 1 aliphatic rings. The molecule has 0 spiro atoms. The molecule has 0 radical (unpaired) electrons. The summed E-state index contributed by atoms with van der Waals surface area (Å²) in [5.74, 6) is 0.755. The predicted octanol–water partition coefficient (Wildman–Crippen LogP) is 2.44. The fourth-order valence-electron chi connectivity index (χ4n) is 3.19. The number of hydrogen-bond donors (Lipinski definition) is 1. The smallest absolute Gasteiger partial charge is 0.276 e. The van der Waals surface area contributed by atoms with Crippen molar-refractivity contribution in [2.24, 2.45) is 0 Å². The van der Waals surface area contributed by atoms with Crippen molar-refractivity contribution in [1.82, 2.24) is 15.1 Å². The number of carbonyl (C=O) groups is 2. The summed E-state index contributed by atoms with van der Waals surface area (Å²) in [7, 11) is 0. The van der Waals surface area contributed by atoms with Crippen LogP contribution in [0.15, 0.2) is 30.3 Å². The fraction of sp³-hybridized carbons (Fsp3) is 0.400. The Morgan fingerprint density at radius 2 is 1.85 bits per heavy atom. The van der Waals surface area contributed by atoms with Crippen LogP contribution in [-0.4, -0.2) is 53.6 Å². The second-order valence-corrected chi connectivity index (χ2v) is 7.05. The van der Waals surface area contributed by atoms with E-state index in [2.05, 4.69) is 34.3 Å². The molecular weight excluding hydrogens is 342 g/mol. The standard InChI is InChI=1S/C20H25N5O2/c1-14(2)16-6-4-5-15(3)19(16)21-20(27)17-7-8-18(23-22-17)25-11-9-24(13-26)10-12-25/h4-8,13-14H,9-12H2,1-3H3,(H,21,27). The average Bonchev–Trinajstić information content (AvgIpc) is 2.69. The van der Waals surface area contributed by atoms with Gasteiger partial charge in [-0.25, -0.2) is 0 Å². The number of para-hydroxylation sites is 1. The number of carbonyl (C=O) groups excluding carboxylic acids is 2. The molecule has 0 unspecified atom stereocenters. The van der Waals surface area contributed by atoms with E-state index < -0.39 is 0 Å². The zero-order valence-electron chi connectivity index (χ0n) is 16.0. The highest BCUT2D eigenvalue weighted by Crippen LogP contribution is 2.27. The van der Waals surface area contributed by atoms with E-state index in [-0.39, 0.29) is 11.6 Å². The summed E-state index contributed by atoms with van der Waals surface area (Å²) >= 11 is 0. The Kier molecular flexibility index (Phi) is 5.69. The second kappa shape index (κ2) is 8.16. The number of aromatic nitrogens is 2. The number of amides is 2. The molecule has 1 saturated heterocycles. The lowest BCUT2D eigenvalue weighted by molar-refractivity contribution is -0.118. The van der Waals surface area contributed by atoms with Gasteiger partial charge in [0.25, 0.3) is 5.91 Å². The molecule has 0 aliphatic carbocycles. The van der Waals surface area contributed by atoms with Crippen LogP contribution in [0.2, 0.25) is 0 Å². The zero-order chi connectivity index (χ0) is 19.4. The summed E-state index contributed by atoms with van der Waals surface area (Å²) in [6, 6.07) is 9.51. The van der Waals surface area contributed by atoms with Crippen molar-refractivity contribution in [3.63, 3.8) is 0 Å². The molecule has 142 valence electrons. The van der Waals surface area contributed by atoms with Crippen molar-refractivity contribution < 1.29 is 9.59 Å². The second-order valence-electron chi connectivity index (χ2n) is 7.05. The molecule has 0 atom stereocenters. The number of anilines is 2. The van der Waals surface area contributed by atoms with E-state index in [4.69, 9.17) is 0 Å². The van der Waals surface area contributed by atoms with Gasteiger partial charge >= 0.3 is 0 Å². The third-order valence-corrected chi connectivity index (χ3v) is 4.84. The molecule has 1 aromatic carbocycles. The van der Waals surface area contributed by atoms with Crippen molar-refractivity contribution in [2.45, 2.75) is 26.7 Å². The van der Waals surface area contributed by atoms with E-state index in [0.29, 0.717) is 32.1 Å². The van der Waals surface area contributed by atoms with Crippen LogP contribution in [0.3, 0.4) is 0 Å². The SMILES string of the molecule is Cc1cccc(C(C)C)c1NC(=O)c1ccc(N2CCN(C=O)CC2)nn1. The lowest BCUT2D eigenvalue weighted by Crippen LogP contribution is -2.46. The predicted molar refractivity (Wildman–Crippen MR) is 105 cm³/mol. The third-order valence-electron chi connectivity index (χ3n) is 4.84. The van der Waals surface area contributed by atoms with Crippen LogP contribution in [-0.2, 0) is 4.79 Å². The summed E-state index contributed by atoms with van der Waals surface area (Å²) in [5, 5.41) is 11.3. The minimum Gasteiger partial charge on any atom is -0.352 e. The molecule has 3 rings (SSSR count). The van der Waals surface area contributed by atoms with Gasteiger partial charge in [0.05, 0.1) is 0 Å². The first-order chi connectivity index (χ1) is 13.0. The molecule has 1 aromatic heterocycles. The van der Waals surface area contributed by atoms with Crippen LogP contribution in [0.1, 0.15) is 41.4 Å². The van der Waals surface area contributed by atoms with Crippen molar-refractivity contribution in [1.29, 1.82) is 0 Å². The summed E-state index contributed by atoms with van der Waals surface area (Å²) in [4.78, 5) is 27.2. The lowest BCUT2D eigenvalue weighted by atomic mass is 9.98. The Labute approximate surface area is 159 Å². The maximum atomic E-state index is 12.6. The zero-order valence-corrected chi connectivity index (χ0v) is 16.0. The molecule has 0 saturated carbocycles. The van der Waals surface area contributed by atoms with Crippen LogP contribution in [0.5, 0.6) is 0 Å². The van der Waals surface area contributed by atoms with E-state index in [1.807, 2.05) is 25.1 Å². The van der Waals surface area contributed by atoms with Gasteiger partial charge in [-0.2, -0.15) is 0 Å². The van der Waals surface area contributed by atoms with Crippen molar-refractivity contribution in [3.05, 3.63) is 47.2 Å². The third kappa shape index (κ3) is 4.24. The Morgan fingerprint density at radius 1 is 1.11 bits per heavy atom. The number of nitrogens with zero attached hydrogens (tertiary/aromatic N) is 4. The van der Waals surface area contributed by atoms with Crippen molar-refractivity contribution in [3.8, 4) is 0 Å². The number of rotatable bonds is 5. The summed E-state index contributed by atoms with van der Waals surface area (Å²) in [6.07, 6.45) is 0.868. The molecule has 1 aliphatic heterocycles. The fourth-order valence-corrected chi connectivity index (χ4v) is 3.19. The number of nitrogens with one attached hydrogen (secondary N) is 1. The molecular formula is C20H25N5O2. The highest BCUT2D eigenvalue weighted by atomic mass is 16.2. The maximum Gasteiger partial charge on any atom is 0.276 e. The Hall–Kier alpha value is -2.96. The van der Waals surface area contributed by atoms with Gasteiger partial charge in [0.15, 0.2) is 11.5 Å². The van der Waals surface area contributed by atoms with Crippen LogP contribution in [0, 0.1) is 6.92 Å². The molecule has 2 amide bonds. The molecule has 7 nitrogen and oxygen atoms in total. The van der Waals surface area contributed by atoms with Crippen LogP contribution in [0.25, 0.3) is 0 Å². The summed E-state index contributed by atoms with van der Waals surface area (Å²) in [6.45, 7) is 8.93. The Balaban J connectivity index is 1.71. The molecule has 0 bridgehead atoms. The number of aryl methyl sites for hydroxylation is 1. The van der Waals surface area contributed by atoms with Gasteiger partial charge in [0.2, 0.25) is 6.41 Å². The van der Waals surface area contributed by atoms with E-state index in [1.54, 1.807) is 17.0 Å². The number of hydrogen-bond acceptors (Lipinski definition) is 5. The minimum atomic E-state index is -0.268. The molecule has 7 heteroatoms. The van der Waals surface area contributed by atoms with E-state index in [0.717, 1.165) is 29.0 Å². The average molecular weight is 367 g/mol. The first kappa shape index (κ1) is 18.8. The Bertz CT molecular complexity index is 812. The minimum absolute atomic E-state index is 0.268. The highest BCUT2D eigenvalue weighted by molar-refractivity contribution is 6.03. The van der Waals surface area contributed by atoms with Crippen LogP contribution in [0.4, 0.5) is 11.5 Å². The van der Waals surface area contributed by atoms with Gasteiger partial charge in [-0.3, -0.25) is 9.59 Å². The molecule has 2 heterocycles.